The molecule has 1 aliphatic rings. The number of nitrogens with zero attached hydrogens (tertiary/aromatic N) is 1. The van der Waals surface area contributed by atoms with E-state index in [1.807, 2.05) is 7.05 Å². The summed E-state index contributed by atoms with van der Waals surface area (Å²) in [4.78, 5) is 2.41. The lowest BCUT2D eigenvalue weighted by atomic mass is 10.3. The predicted molar refractivity (Wildman–Crippen MR) is 45.8 cm³/mol. The van der Waals surface area contributed by atoms with E-state index in [1.54, 1.807) is 0 Å². The van der Waals surface area contributed by atoms with E-state index >= 15 is 0 Å². The Balaban J connectivity index is 2.33. The summed E-state index contributed by atoms with van der Waals surface area (Å²) in [7, 11) is 1.99. The number of rotatable bonds is 2. The van der Waals surface area contributed by atoms with Crippen molar-refractivity contribution in [3.63, 3.8) is 0 Å². The van der Waals surface area contributed by atoms with Crippen molar-refractivity contribution >= 4 is 0 Å². The average Bonchev–Trinajstić information content (AvgIpc) is 2.28. The van der Waals surface area contributed by atoms with Crippen LogP contribution in [-0.2, 0) is 4.74 Å². The van der Waals surface area contributed by atoms with Crippen LogP contribution in [0.25, 0.3) is 0 Å². The zero-order chi connectivity index (χ0) is 8.10. The van der Waals surface area contributed by atoms with Gasteiger partial charge in [-0.2, -0.15) is 0 Å². The van der Waals surface area contributed by atoms with Gasteiger partial charge in [-0.3, -0.25) is 4.90 Å². The van der Waals surface area contributed by atoms with Gasteiger partial charge in [0.25, 0.3) is 0 Å². The summed E-state index contributed by atoms with van der Waals surface area (Å²) in [6, 6.07) is 0.512. The quantitative estimate of drug-likeness (QED) is 0.608. The van der Waals surface area contributed by atoms with Crippen molar-refractivity contribution in [3.8, 4) is 0 Å². The van der Waals surface area contributed by atoms with Crippen molar-refractivity contribution in [1.29, 1.82) is 0 Å². The molecular formula is C8H18N2O. The molecule has 3 nitrogen and oxygen atoms in total. The highest BCUT2D eigenvalue weighted by Crippen LogP contribution is 1.98. The van der Waals surface area contributed by atoms with Gasteiger partial charge in [-0.25, -0.2) is 0 Å². The number of likely N-dealkylation sites (N-methyl/N-ethyl adjacent to an activating group) is 2. The van der Waals surface area contributed by atoms with Gasteiger partial charge in [0.2, 0.25) is 0 Å². The molecule has 1 fully saturated rings. The fourth-order valence-electron chi connectivity index (χ4n) is 1.34. The largest absolute Gasteiger partial charge is 0.378 e. The molecule has 0 radical (unpaired) electrons. The Labute approximate surface area is 68.7 Å². The minimum absolute atomic E-state index is 0.512. The van der Waals surface area contributed by atoms with Crippen LogP contribution in [-0.4, -0.2) is 50.8 Å². The third-order valence-electron chi connectivity index (χ3n) is 2.20. The van der Waals surface area contributed by atoms with E-state index in [1.165, 1.54) is 0 Å². The second-order valence-electron chi connectivity index (χ2n) is 2.95. The second-order valence-corrected chi connectivity index (χ2v) is 2.95. The van der Waals surface area contributed by atoms with E-state index < -0.39 is 0 Å². The molecule has 0 bridgehead atoms. The standard InChI is InChI=1S/C8H18N2O/c1-3-10-4-5-11-7-8(6-10)9-2/h8-9H,3-7H2,1-2H3. The maximum atomic E-state index is 5.43. The minimum Gasteiger partial charge on any atom is -0.378 e. The molecular weight excluding hydrogens is 140 g/mol. The first-order valence-corrected chi connectivity index (χ1v) is 4.34. The van der Waals surface area contributed by atoms with Gasteiger partial charge >= 0.3 is 0 Å². The molecule has 1 unspecified atom stereocenters. The van der Waals surface area contributed by atoms with E-state index in [4.69, 9.17) is 4.74 Å². The van der Waals surface area contributed by atoms with Crippen LogP contribution in [0.3, 0.4) is 0 Å². The van der Waals surface area contributed by atoms with Gasteiger partial charge in [0.05, 0.1) is 13.2 Å². The van der Waals surface area contributed by atoms with Crippen LogP contribution in [0.4, 0.5) is 0 Å². The Morgan fingerprint density at radius 1 is 1.64 bits per heavy atom. The summed E-state index contributed by atoms with van der Waals surface area (Å²) < 4.78 is 5.43. The van der Waals surface area contributed by atoms with Gasteiger partial charge in [-0.05, 0) is 13.6 Å². The van der Waals surface area contributed by atoms with Gasteiger partial charge in [-0.15, -0.1) is 0 Å². The van der Waals surface area contributed by atoms with E-state index in [2.05, 4.69) is 17.1 Å². The first-order valence-electron chi connectivity index (χ1n) is 4.34. The van der Waals surface area contributed by atoms with Crippen LogP contribution in [0.5, 0.6) is 0 Å². The van der Waals surface area contributed by atoms with Crippen molar-refractivity contribution in [2.45, 2.75) is 13.0 Å². The van der Waals surface area contributed by atoms with Crippen LogP contribution in [0.2, 0.25) is 0 Å². The number of ether oxygens (including phenoxy) is 1. The van der Waals surface area contributed by atoms with Gasteiger partial charge < -0.3 is 10.1 Å². The third-order valence-corrected chi connectivity index (χ3v) is 2.20. The lowest BCUT2D eigenvalue weighted by Gasteiger charge is -2.20. The summed E-state index contributed by atoms with van der Waals surface area (Å²) in [6.45, 7) is 7.25. The first-order chi connectivity index (χ1) is 5.36. The van der Waals surface area contributed by atoms with Crippen molar-refractivity contribution in [1.82, 2.24) is 10.2 Å². The summed E-state index contributed by atoms with van der Waals surface area (Å²) in [5.74, 6) is 0. The molecule has 66 valence electrons. The average molecular weight is 158 g/mol. The Bertz CT molecular complexity index is 96.3. The molecule has 0 aromatic carbocycles. The van der Waals surface area contributed by atoms with Crippen LogP contribution >= 0.6 is 0 Å². The van der Waals surface area contributed by atoms with E-state index in [0.29, 0.717) is 6.04 Å². The van der Waals surface area contributed by atoms with Crippen LogP contribution < -0.4 is 5.32 Å². The zero-order valence-corrected chi connectivity index (χ0v) is 7.47. The molecule has 11 heavy (non-hydrogen) atoms. The molecule has 0 aliphatic carbocycles. The first kappa shape index (κ1) is 8.97. The Hall–Kier alpha value is -0.120. The molecule has 3 heteroatoms. The molecule has 1 rings (SSSR count). The Kier molecular flexibility index (Phi) is 3.83. The summed E-state index contributed by atoms with van der Waals surface area (Å²) in [6.07, 6.45) is 0. The SMILES string of the molecule is CCN1CCOCC(NC)C1. The number of nitrogens with one attached hydrogen (secondary N) is 1. The lowest BCUT2D eigenvalue weighted by molar-refractivity contribution is 0.131. The number of hydrogen-bond acceptors (Lipinski definition) is 3. The van der Waals surface area contributed by atoms with Gasteiger partial charge in [0, 0.05) is 19.1 Å². The molecule has 0 spiro atoms. The highest BCUT2D eigenvalue weighted by atomic mass is 16.5. The lowest BCUT2D eigenvalue weighted by Crippen LogP contribution is -2.39. The molecule has 0 amide bonds. The van der Waals surface area contributed by atoms with E-state index in [0.717, 1.165) is 32.8 Å². The molecule has 1 heterocycles. The monoisotopic (exact) mass is 158 g/mol. The van der Waals surface area contributed by atoms with Crippen molar-refractivity contribution < 1.29 is 4.74 Å². The maximum absolute atomic E-state index is 5.43. The van der Waals surface area contributed by atoms with Crippen LogP contribution in [0.1, 0.15) is 6.92 Å². The summed E-state index contributed by atoms with van der Waals surface area (Å²) in [5, 5.41) is 3.24. The van der Waals surface area contributed by atoms with Gasteiger partial charge in [-0.1, -0.05) is 6.92 Å². The zero-order valence-electron chi connectivity index (χ0n) is 7.47. The molecule has 1 N–H and O–H groups in total. The highest BCUT2D eigenvalue weighted by Gasteiger charge is 2.14. The Morgan fingerprint density at radius 2 is 2.45 bits per heavy atom. The van der Waals surface area contributed by atoms with E-state index in [-0.39, 0.29) is 0 Å². The molecule has 0 aromatic heterocycles. The van der Waals surface area contributed by atoms with Crippen LogP contribution in [0, 0.1) is 0 Å². The summed E-state index contributed by atoms with van der Waals surface area (Å²) in [5.41, 5.74) is 0. The topological polar surface area (TPSA) is 24.5 Å². The van der Waals surface area contributed by atoms with Crippen molar-refractivity contribution in [2.24, 2.45) is 0 Å². The minimum atomic E-state index is 0.512. The molecule has 1 saturated heterocycles. The smallest absolute Gasteiger partial charge is 0.0632 e. The molecule has 0 aromatic rings. The fourth-order valence-corrected chi connectivity index (χ4v) is 1.34. The molecule has 0 saturated carbocycles. The summed E-state index contributed by atoms with van der Waals surface area (Å²) >= 11 is 0. The molecule has 1 atom stereocenters. The van der Waals surface area contributed by atoms with Gasteiger partial charge in [0.15, 0.2) is 0 Å². The third kappa shape index (κ3) is 2.77. The van der Waals surface area contributed by atoms with Crippen LogP contribution in [0.15, 0.2) is 0 Å². The molecule has 1 aliphatic heterocycles. The van der Waals surface area contributed by atoms with Gasteiger partial charge in [0.1, 0.15) is 0 Å². The number of hydrogen-bond donors (Lipinski definition) is 1. The normalized spacial score (nSPS) is 28.4. The highest BCUT2D eigenvalue weighted by molar-refractivity contribution is 4.72. The second kappa shape index (κ2) is 4.70. The van der Waals surface area contributed by atoms with Crippen molar-refractivity contribution in [3.05, 3.63) is 0 Å². The fraction of sp³-hybridized carbons (Fsp3) is 1.00. The Morgan fingerprint density at radius 3 is 3.09 bits per heavy atom. The van der Waals surface area contributed by atoms with E-state index in [9.17, 15) is 0 Å². The van der Waals surface area contributed by atoms with Crippen molar-refractivity contribution in [2.75, 3.05) is 39.9 Å². The maximum Gasteiger partial charge on any atom is 0.0632 e. The predicted octanol–water partition coefficient (Wildman–Crippen LogP) is -0.0735.